The Kier molecular flexibility index (Phi) is 7.06. The molecule has 0 saturated carbocycles. The third-order valence-electron chi connectivity index (χ3n) is 3.69. The second kappa shape index (κ2) is 8.86. The lowest BCUT2D eigenvalue weighted by Crippen LogP contribution is -2.22. The number of nitrogens with two attached hydrogens (primary N) is 1. The molecule has 1 aromatic heterocycles. The molecule has 0 unspecified atom stereocenters. The van der Waals surface area contributed by atoms with Gasteiger partial charge in [-0.3, -0.25) is 9.78 Å². The van der Waals surface area contributed by atoms with Gasteiger partial charge in [0.1, 0.15) is 5.75 Å². The van der Waals surface area contributed by atoms with Gasteiger partial charge in [0.25, 0.3) is 5.91 Å². The lowest BCUT2D eigenvalue weighted by atomic mass is 10.0. The van der Waals surface area contributed by atoms with Gasteiger partial charge in [0.15, 0.2) is 6.79 Å². The minimum absolute atomic E-state index is 0.0758. The zero-order chi connectivity index (χ0) is 19.3. The summed E-state index contributed by atoms with van der Waals surface area (Å²) in [5, 5.41) is 0.697. The van der Waals surface area contributed by atoms with E-state index < -0.39 is 14.0 Å². The molecule has 2 aromatic rings. The maximum atomic E-state index is 11.7. The molecule has 1 amide bonds. The molecule has 26 heavy (non-hydrogen) atoms. The fourth-order valence-electron chi connectivity index (χ4n) is 2.23. The molecule has 2 rings (SSSR count). The molecule has 2 N–H and O–H groups in total. The molecule has 8 heteroatoms. The number of aromatic nitrogens is 1. The number of pyridine rings is 1. The number of benzene rings is 1. The summed E-state index contributed by atoms with van der Waals surface area (Å²) in [5.74, 6) is -0.127. The maximum Gasteiger partial charge on any atom is 0.250 e. The van der Waals surface area contributed by atoms with E-state index in [0.29, 0.717) is 33.5 Å². The fourth-order valence-corrected chi connectivity index (χ4v) is 3.30. The van der Waals surface area contributed by atoms with Crippen molar-refractivity contribution in [1.29, 1.82) is 0 Å². The van der Waals surface area contributed by atoms with E-state index >= 15 is 0 Å². The van der Waals surface area contributed by atoms with Gasteiger partial charge < -0.3 is 15.2 Å². The molecule has 0 radical (unpaired) electrons. The SMILES string of the molecule is C[Si](C)(C)CCOCOc1cc(Cl)c(Cl)cc1-c1ccncc1C(N)=O. The van der Waals surface area contributed by atoms with Crippen molar-refractivity contribution in [2.24, 2.45) is 5.73 Å². The first kappa shape index (κ1) is 20.7. The third kappa shape index (κ3) is 5.70. The van der Waals surface area contributed by atoms with Gasteiger partial charge >= 0.3 is 0 Å². The zero-order valence-corrected chi connectivity index (χ0v) is 17.5. The van der Waals surface area contributed by atoms with Gasteiger partial charge in [-0.2, -0.15) is 0 Å². The van der Waals surface area contributed by atoms with Crippen molar-refractivity contribution in [2.75, 3.05) is 13.4 Å². The smallest absolute Gasteiger partial charge is 0.250 e. The number of carbonyl (C=O) groups excluding carboxylic acids is 1. The number of nitrogens with zero attached hydrogens (tertiary/aromatic N) is 1. The van der Waals surface area contributed by atoms with Crippen LogP contribution in [0, 0.1) is 0 Å². The normalized spacial score (nSPS) is 11.4. The largest absolute Gasteiger partial charge is 0.467 e. The van der Waals surface area contributed by atoms with Crippen LogP contribution in [0.1, 0.15) is 10.4 Å². The van der Waals surface area contributed by atoms with Crippen LogP contribution in [-0.2, 0) is 4.74 Å². The van der Waals surface area contributed by atoms with E-state index in [9.17, 15) is 4.79 Å². The molecule has 140 valence electrons. The van der Waals surface area contributed by atoms with E-state index in [1.807, 2.05) is 0 Å². The summed E-state index contributed by atoms with van der Waals surface area (Å²) < 4.78 is 11.3. The Morgan fingerprint density at radius 3 is 2.54 bits per heavy atom. The zero-order valence-electron chi connectivity index (χ0n) is 15.0. The minimum Gasteiger partial charge on any atom is -0.467 e. The summed E-state index contributed by atoms with van der Waals surface area (Å²) in [5.41, 5.74) is 6.90. The molecule has 0 atom stereocenters. The molecule has 5 nitrogen and oxygen atoms in total. The molecule has 0 spiro atoms. The van der Waals surface area contributed by atoms with Gasteiger partial charge in [-0.25, -0.2) is 0 Å². The number of carbonyl (C=O) groups is 1. The van der Waals surface area contributed by atoms with Gasteiger partial charge in [-0.15, -0.1) is 0 Å². The van der Waals surface area contributed by atoms with Gasteiger partial charge in [0.2, 0.25) is 0 Å². The lowest BCUT2D eigenvalue weighted by molar-refractivity contribution is 0.0224. The summed E-state index contributed by atoms with van der Waals surface area (Å²) in [6.45, 7) is 7.55. The number of amides is 1. The first-order valence-electron chi connectivity index (χ1n) is 8.13. The van der Waals surface area contributed by atoms with Crippen molar-refractivity contribution in [3.05, 3.63) is 46.2 Å². The fraction of sp³-hybridized carbons (Fsp3) is 0.333. The van der Waals surface area contributed by atoms with Gasteiger partial charge in [0, 0.05) is 44.3 Å². The number of hydrogen-bond acceptors (Lipinski definition) is 4. The van der Waals surface area contributed by atoms with Crippen LogP contribution >= 0.6 is 23.2 Å². The quantitative estimate of drug-likeness (QED) is 0.382. The van der Waals surface area contributed by atoms with Crippen LogP contribution in [-0.4, -0.2) is 32.4 Å². The standard InChI is InChI=1S/C18H22Cl2N2O3Si/c1-26(2,3)7-6-24-11-25-17-9-16(20)15(19)8-13(17)12-4-5-22-10-14(12)18(21)23/h4-5,8-10H,6-7,11H2,1-3H3,(H2,21,23). The van der Waals surface area contributed by atoms with Crippen molar-refractivity contribution in [1.82, 2.24) is 4.98 Å². The highest BCUT2D eigenvalue weighted by Crippen LogP contribution is 2.38. The Morgan fingerprint density at radius 2 is 1.88 bits per heavy atom. The maximum absolute atomic E-state index is 11.7. The van der Waals surface area contributed by atoms with Gasteiger partial charge in [-0.05, 0) is 18.2 Å². The monoisotopic (exact) mass is 412 g/mol. The number of ether oxygens (including phenoxy) is 2. The lowest BCUT2D eigenvalue weighted by Gasteiger charge is -2.17. The summed E-state index contributed by atoms with van der Waals surface area (Å²) in [4.78, 5) is 15.7. The Bertz CT molecular complexity index is 794. The third-order valence-corrected chi connectivity index (χ3v) is 6.12. The molecule has 0 saturated heterocycles. The Hall–Kier alpha value is -1.60. The van der Waals surface area contributed by atoms with Crippen LogP contribution in [0.3, 0.4) is 0 Å². The van der Waals surface area contributed by atoms with Crippen molar-refractivity contribution in [3.8, 4) is 16.9 Å². The first-order chi connectivity index (χ1) is 12.2. The van der Waals surface area contributed by atoms with E-state index in [1.165, 1.54) is 6.20 Å². The van der Waals surface area contributed by atoms with E-state index in [4.69, 9.17) is 38.4 Å². The average Bonchev–Trinajstić information content (AvgIpc) is 2.56. The second-order valence-electron chi connectivity index (χ2n) is 7.03. The molecule has 0 bridgehead atoms. The van der Waals surface area contributed by atoms with E-state index in [2.05, 4.69) is 24.6 Å². The molecular weight excluding hydrogens is 391 g/mol. The van der Waals surface area contributed by atoms with Crippen molar-refractivity contribution in [3.63, 3.8) is 0 Å². The van der Waals surface area contributed by atoms with Crippen LogP contribution in [0.25, 0.3) is 11.1 Å². The molecule has 0 aliphatic rings. The summed E-state index contributed by atoms with van der Waals surface area (Å²) in [6, 6.07) is 5.97. The average molecular weight is 413 g/mol. The highest BCUT2D eigenvalue weighted by Gasteiger charge is 2.17. The van der Waals surface area contributed by atoms with Crippen LogP contribution < -0.4 is 10.5 Å². The summed E-state index contributed by atoms with van der Waals surface area (Å²) in [6.07, 6.45) is 2.98. The Balaban J connectivity index is 2.25. The number of hydrogen-bond donors (Lipinski definition) is 1. The molecule has 1 heterocycles. The van der Waals surface area contributed by atoms with Gasteiger partial charge in [-0.1, -0.05) is 42.8 Å². The predicted octanol–water partition coefficient (Wildman–Crippen LogP) is 4.85. The first-order valence-corrected chi connectivity index (χ1v) is 12.6. The predicted molar refractivity (Wildman–Crippen MR) is 108 cm³/mol. The van der Waals surface area contributed by atoms with E-state index in [0.717, 1.165) is 6.04 Å². The van der Waals surface area contributed by atoms with Crippen LogP contribution in [0.15, 0.2) is 30.6 Å². The molecule has 0 fully saturated rings. The number of rotatable bonds is 8. The van der Waals surface area contributed by atoms with Crippen molar-refractivity contribution in [2.45, 2.75) is 25.7 Å². The molecule has 1 aromatic carbocycles. The topological polar surface area (TPSA) is 74.4 Å². The van der Waals surface area contributed by atoms with Crippen molar-refractivity contribution < 1.29 is 14.3 Å². The van der Waals surface area contributed by atoms with Crippen LogP contribution in [0.5, 0.6) is 5.75 Å². The highest BCUT2D eigenvalue weighted by atomic mass is 35.5. The van der Waals surface area contributed by atoms with Crippen LogP contribution in [0.2, 0.25) is 35.7 Å². The molecule has 0 aliphatic carbocycles. The van der Waals surface area contributed by atoms with Crippen LogP contribution in [0.4, 0.5) is 0 Å². The number of primary amides is 1. The van der Waals surface area contributed by atoms with Gasteiger partial charge in [0.05, 0.1) is 15.6 Å². The Labute approximate surface area is 164 Å². The Morgan fingerprint density at radius 1 is 1.19 bits per heavy atom. The summed E-state index contributed by atoms with van der Waals surface area (Å²) in [7, 11) is -1.16. The minimum atomic E-state index is -1.16. The molecular formula is C18H22Cl2N2O3Si. The number of halogens is 2. The van der Waals surface area contributed by atoms with E-state index in [-0.39, 0.29) is 12.4 Å². The highest BCUT2D eigenvalue weighted by molar-refractivity contribution is 6.76. The van der Waals surface area contributed by atoms with E-state index in [1.54, 1.807) is 24.4 Å². The molecule has 0 aliphatic heterocycles. The summed E-state index contributed by atoms with van der Waals surface area (Å²) >= 11 is 12.3. The van der Waals surface area contributed by atoms with Crippen molar-refractivity contribution >= 4 is 37.2 Å². The second-order valence-corrected chi connectivity index (χ2v) is 13.5.